The van der Waals surface area contributed by atoms with Crippen LogP contribution in [-0.4, -0.2) is 9.97 Å². The molecule has 1 rings (SSSR count). The SMILES string of the molecule is C=C/C(C)=C\c1[nH]cnc1C=C. The second-order valence-electron chi connectivity index (χ2n) is 2.50. The predicted molar refractivity (Wildman–Crippen MR) is 52.5 cm³/mol. The largest absolute Gasteiger partial charge is 0.345 e. The number of nitrogens with one attached hydrogen (secondary N) is 1. The van der Waals surface area contributed by atoms with Gasteiger partial charge in [0.25, 0.3) is 0 Å². The van der Waals surface area contributed by atoms with Crippen molar-refractivity contribution in [1.29, 1.82) is 0 Å². The Kier molecular flexibility index (Phi) is 2.64. The van der Waals surface area contributed by atoms with E-state index in [1.165, 1.54) is 0 Å². The summed E-state index contributed by atoms with van der Waals surface area (Å²) in [4.78, 5) is 7.08. The third-order valence-corrected chi connectivity index (χ3v) is 1.59. The Bertz CT molecular complexity index is 318. The van der Waals surface area contributed by atoms with E-state index in [9.17, 15) is 0 Å². The van der Waals surface area contributed by atoms with Gasteiger partial charge in [-0.1, -0.05) is 19.2 Å². The summed E-state index contributed by atoms with van der Waals surface area (Å²) in [7, 11) is 0. The van der Waals surface area contributed by atoms with Crippen molar-refractivity contribution in [2.24, 2.45) is 0 Å². The number of imidazole rings is 1. The standard InChI is InChI=1S/C10H12N2/c1-4-8(3)6-10-9(5-2)11-7-12-10/h4-7H,1-2H2,3H3,(H,11,12)/b8-6-. The average molecular weight is 160 g/mol. The van der Waals surface area contributed by atoms with E-state index in [4.69, 9.17) is 0 Å². The molecule has 0 aromatic carbocycles. The normalized spacial score (nSPS) is 11.2. The molecule has 0 amide bonds. The number of rotatable bonds is 3. The molecule has 2 nitrogen and oxygen atoms in total. The number of aromatic nitrogens is 2. The van der Waals surface area contributed by atoms with Gasteiger partial charge in [0.15, 0.2) is 0 Å². The van der Waals surface area contributed by atoms with Crippen LogP contribution in [0.5, 0.6) is 0 Å². The van der Waals surface area contributed by atoms with Crippen molar-refractivity contribution in [3.63, 3.8) is 0 Å². The Hall–Kier alpha value is -1.57. The van der Waals surface area contributed by atoms with Crippen molar-refractivity contribution in [2.45, 2.75) is 6.92 Å². The van der Waals surface area contributed by atoms with Gasteiger partial charge >= 0.3 is 0 Å². The van der Waals surface area contributed by atoms with E-state index in [1.54, 1.807) is 18.5 Å². The van der Waals surface area contributed by atoms with Gasteiger partial charge in [-0.2, -0.15) is 0 Å². The summed E-state index contributed by atoms with van der Waals surface area (Å²) >= 11 is 0. The topological polar surface area (TPSA) is 28.7 Å². The van der Waals surface area contributed by atoms with Crippen molar-refractivity contribution < 1.29 is 0 Å². The molecule has 0 atom stereocenters. The van der Waals surface area contributed by atoms with Crippen LogP contribution < -0.4 is 0 Å². The summed E-state index contributed by atoms with van der Waals surface area (Å²) in [6.07, 6.45) is 7.16. The van der Waals surface area contributed by atoms with Gasteiger partial charge in [0.05, 0.1) is 17.7 Å². The quantitative estimate of drug-likeness (QED) is 0.676. The highest BCUT2D eigenvalue weighted by atomic mass is 14.9. The second-order valence-corrected chi connectivity index (χ2v) is 2.50. The molecule has 0 spiro atoms. The Morgan fingerprint density at radius 2 is 2.33 bits per heavy atom. The lowest BCUT2D eigenvalue weighted by Crippen LogP contribution is -1.77. The zero-order valence-corrected chi connectivity index (χ0v) is 7.17. The number of hydrogen-bond acceptors (Lipinski definition) is 1. The molecule has 0 aliphatic carbocycles. The molecule has 1 aromatic rings. The van der Waals surface area contributed by atoms with Gasteiger partial charge in [0, 0.05) is 0 Å². The molecular weight excluding hydrogens is 148 g/mol. The summed E-state index contributed by atoms with van der Waals surface area (Å²) in [5, 5.41) is 0. The molecular formula is C10H12N2. The zero-order chi connectivity index (χ0) is 8.97. The molecule has 0 bridgehead atoms. The number of hydrogen-bond donors (Lipinski definition) is 1. The van der Waals surface area contributed by atoms with E-state index < -0.39 is 0 Å². The smallest absolute Gasteiger partial charge is 0.0931 e. The highest BCUT2D eigenvalue weighted by Crippen LogP contribution is 2.09. The van der Waals surface area contributed by atoms with Crippen molar-refractivity contribution in [3.05, 3.63) is 42.5 Å². The van der Waals surface area contributed by atoms with E-state index in [0.717, 1.165) is 17.0 Å². The minimum absolute atomic E-state index is 0.871. The van der Waals surface area contributed by atoms with Gasteiger partial charge in [0.2, 0.25) is 0 Å². The molecule has 0 fully saturated rings. The maximum Gasteiger partial charge on any atom is 0.0931 e. The van der Waals surface area contributed by atoms with Crippen LogP contribution in [0.25, 0.3) is 12.2 Å². The van der Waals surface area contributed by atoms with Gasteiger partial charge in [-0.05, 0) is 24.6 Å². The van der Waals surface area contributed by atoms with Crippen molar-refractivity contribution in [3.8, 4) is 0 Å². The first-order valence-electron chi connectivity index (χ1n) is 3.74. The van der Waals surface area contributed by atoms with Gasteiger partial charge in [-0.3, -0.25) is 0 Å². The predicted octanol–water partition coefficient (Wildman–Crippen LogP) is 2.64. The molecule has 0 saturated carbocycles. The first-order chi connectivity index (χ1) is 5.77. The minimum atomic E-state index is 0.871. The lowest BCUT2D eigenvalue weighted by atomic mass is 10.2. The van der Waals surface area contributed by atoms with Crippen LogP contribution >= 0.6 is 0 Å². The Morgan fingerprint density at radius 1 is 1.58 bits per heavy atom. The Balaban J connectivity index is 3.02. The van der Waals surface area contributed by atoms with Crippen molar-refractivity contribution in [2.75, 3.05) is 0 Å². The van der Waals surface area contributed by atoms with E-state index in [0.29, 0.717) is 0 Å². The average Bonchev–Trinajstić information content (AvgIpc) is 2.51. The summed E-state index contributed by atoms with van der Waals surface area (Å²) in [5.41, 5.74) is 2.95. The Labute approximate surface area is 72.3 Å². The zero-order valence-electron chi connectivity index (χ0n) is 7.17. The highest BCUT2D eigenvalue weighted by molar-refractivity contribution is 5.61. The fraction of sp³-hybridized carbons (Fsp3) is 0.100. The number of nitrogens with zero attached hydrogens (tertiary/aromatic N) is 1. The number of allylic oxidation sites excluding steroid dienone is 2. The van der Waals surface area contributed by atoms with Crippen LogP contribution in [0, 0.1) is 0 Å². The van der Waals surface area contributed by atoms with E-state index in [2.05, 4.69) is 23.1 Å². The molecule has 1 N–H and O–H groups in total. The van der Waals surface area contributed by atoms with Crippen molar-refractivity contribution in [1.82, 2.24) is 9.97 Å². The summed E-state index contributed by atoms with van der Waals surface area (Å²) in [5.74, 6) is 0. The fourth-order valence-electron chi connectivity index (χ4n) is 0.880. The molecule has 1 aromatic heterocycles. The molecule has 0 aliphatic heterocycles. The third kappa shape index (κ3) is 1.72. The van der Waals surface area contributed by atoms with Crippen LogP contribution in [-0.2, 0) is 0 Å². The molecule has 62 valence electrons. The molecule has 0 radical (unpaired) electrons. The molecule has 0 saturated heterocycles. The Morgan fingerprint density at radius 3 is 2.92 bits per heavy atom. The van der Waals surface area contributed by atoms with E-state index in [1.807, 2.05) is 13.0 Å². The van der Waals surface area contributed by atoms with Gasteiger partial charge < -0.3 is 4.98 Å². The maximum absolute atomic E-state index is 4.07. The lowest BCUT2D eigenvalue weighted by molar-refractivity contribution is 1.30. The first kappa shape index (κ1) is 8.53. The first-order valence-corrected chi connectivity index (χ1v) is 3.74. The van der Waals surface area contributed by atoms with Crippen LogP contribution in [0.15, 0.2) is 31.1 Å². The van der Waals surface area contributed by atoms with Crippen LogP contribution in [0.1, 0.15) is 18.3 Å². The summed E-state index contributed by atoms with van der Waals surface area (Å²) in [6, 6.07) is 0. The van der Waals surface area contributed by atoms with Crippen molar-refractivity contribution >= 4 is 12.2 Å². The second kappa shape index (κ2) is 3.72. The lowest BCUT2D eigenvalue weighted by Gasteiger charge is -1.91. The van der Waals surface area contributed by atoms with Crippen LogP contribution in [0.2, 0.25) is 0 Å². The van der Waals surface area contributed by atoms with E-state index >= 15 is 0 Å². The highest BCUT2D eigenvalue weighted by Gasteiger charge is 1.96. The number of aromatic amines is 1. The third-order valence-electron chi connectivity index (χ3n) is 1.59. The molecule has 1 heterocycles. The number of H-pyrrole nitrogens is 1. The molecule has 0 unspecified atom stereocenters. The summed E-state index contributed by atoms with van der Waals surface area (Å²) in [6.45, 7) is 9.31. The molecule has 0 aliphatic rings. The van der Waals surface area contributed by atoms with Gasteiger partial charge in [0.1, 0.15) is 0 Å². The van der Waals surface area contributed by atoms with Gasteiger partial charge in [-0.25, -0.2) is 4.98 Å². The monoisotopic (exact) mass is 160 g/mol. The fourth-order valence-corrected chi connectivity index (χ4v) is 0.880. The van der Waals surface area contributed by atoms with Crippen LogP contribution in [0.3, 0.4) is 0 Å². The maximum atomic E-state index is 4.07. The molecule has 12 heavy (non-hydrogen) atoms. The summed E-state index contributed by atoms with van der Waals surface area (Å²) < 4.78 is 0. The molecule has 2 heteroatoms. The minimum Gasteiger partial charge on any atom is -0.345 e. The van der Waals surface area contributed by atoms with E-state index in [-0.39, 0.29) is 0 Å². The van der Waals surface area contributed by atoms with Gasteiger partial charge in [-0.15, -0.1) is 0 Å². The van der Waals surface area contributed by atoms with Crippen LogP contribution in [0.4, 0.5) is 0 Å².